The molecule has 11 heteroatoms. The Hall–Kier alpha value is -2.40. The molecule has 0 bridgehead atoms. The number of amides is 1. The average Bonchev–Trinajstić information content (AvgIpc) is 2.77. The largest absolute Gasteiger partial charge is 0.425 e. The lowest BCUT2D eigenvalue weighted by Crippen LogP contribution is -2.29. The van der Waals surface area contributed by atoms with Crippen molar-refractivity contribution >= 4 is 27.5 Å². The van der Waals surface area contributed by atoms with Crippen molar-refractivity contribution in [3.8, 4) is 0 Å². The molecule has 1 amide bonds. The lowest BCUT2D eigenvalue weighted by Gasteiger charge is -2.11. The van der Waals surface area contributed by atoms with Crippen LogP contribution in [-0.4, -0.2) is 32.7 Å². The van der Waals surface area contributed by atoms with Gasteiger partial charge in [-0.05, 0) is 11.6 Å². The van der Waals surface area contributed by atoms with Crippen LogP contribution in [0.5, 0.6) is 0 Å². The van der Waals surface area contributed by atoms with Gasteiger partial charge in [-0.25, -0.2) is 18.4 Å². The second-order valence-corrected chi connectivity index (χ2v) is 5.83. The quantitative estimate of drug-likeness (QED) is 0.519. The number of nitro benzene ring substituents is 1. The molecule has 1 aromatic rings. The molecule has 1 aliphatic heterocycles. The monoisotopic (exact) mass is 316 g/mol. The van der Waals surface area contributed by atoms with E-state index in [2.05, 4.69) is 10.6 Å². The molecule has 0 aliphatic carbocycles. The van der Waals surface area contributed by atoms with E-state index in [0.717, 1.165) is 6.07 Å². The standard InChI is InChI=1S/C10H12N4O6S/c1-12-10(15)20-8-3-5-2-6(21(11,18)19)4-7(14(16)17)9(5)13-8/h2,4,8,13H,3H2,1H3,(H,12,15)(H2,11,18,19). The van der Waals surface area contributed by atoms with E-state index < -0.39 is 33.0 Å². The lowest BCUT2D eigenvalue weighted by atomic mass is 10.1. The molecule has 0 radical (unpaired) electrons. The SMILES string of the molecule is CNC(=O)OC1Cc2cc(S(N)(=O)=O)cc([N+](=O)[O-])c2N1. The van der Waals surface area contributed by atoms with Crippen molar-refractivity contribution < 1.29 is 22.9 Å². The fraction of sp³-hybridized carbons (Fsp3) is 0.300. The molecule has 1 aromatic carbocycles. The number of nitro groups is 1. The highest BCUT2D eigenvalue weighted by atomic mass is 32.2. The molecule has 0 saturated carbocycles. The fourth-order valence-electron chi connectivity index (χ4n) is 1.96. The lowest BCUT2D eigenvalue weighted by molar-refractivity contribution is -0.384. The second kappa shape index (κ2) is 5.18. The number of sulfonamides is 1. The third-order valence-electron chi connectivity index (χ3n) is 2.86. The van der Waals surface area contributed by atoms with Crippen LogP contribution in [0.3, 0.4) is 0 Å². The topological polar surface area (TPSA) is 154 Å². The van der Waals surface area contributed by atoms with Crippen LogP contribution in [0.2, 0.25) is 0 Å². The molecular weight excluding hydrogens is 304 g/mol. The first kappa shape index (κ1) is 15.0. The summed E-state index contributed by atoms with van der Waals surface area (Å²) in [5.74, 6) is 0. The van der Waals surface area contributed by atoms with Crippen LogP contribution < -0.4 is 15.8 Å². The Morgan fingerprint density at radius 3 is 2.76 bits per heavy atom. The first-order valence-electron chi connectivity index (χ1n) is 5.71. The summed E-state index contributed by atoms with van der Waals surface area (Å²) in [7, 11) is -2.71. The van der Waals surface area contributed by atoms with E-state index in [1.54, 1.807) is 0 Å². The summed E-state index contributed by atoms with van der Waals surface area (Å²) in [6, 6.07) is 2.08. The van der Waals surface area contributed by atoms with E-state index in [4.69, 9.17) is 9.88 Å². The van der Waals surface area contributed by atoms with Crippen molar-refractivity contribution in [3.05, 3.63) is 27.8 Å². The molecule has 2 rings (SSSR count). The van der Waals surface area contributed by atoms with E-state index in [-0.39, 0.29) is 17.0 Å². The fourth-order valence-corrected chi connectivity index (χ4v) is 2.55. The van der Waals surface area contributed by atoms with Crippen molar-refractivity contribution in [2.75, 3.05) is 12.4 Å². The van der Waals surface area contributed by atoms with Gasteiger partial charge in [0.05, 0.1) is 9.82 Å². The number of alkyl carbamates (subject to hydrolysis) is 1. The highest BCUT2D eigenvalue weighted by molar-refractivity contribution is 7.89. The smallest absolute Gasteiger partial charge is 0.408 e. The molecule has 1 atom stereocenters. The van der Waals surface area contributed by atoms with Gasteiger partial charge < -0.3 is 15.4 Å². The van der Waals surface area contributed by atoms with Crippen molar-refractivity contribution in [1.29, 1.82) is 0 Å². The molecule has 0 fully saturated rings. The predicted molar refractivity (Wildman–Crippen MR) is 71.1 cm³/mol. The van der Waals surface area contributed by atoms with Gasteiger partial charge in [-0.3, -0.25) is 10.1 Å². The van der Waals surface area contributed by atoms with E-state index in [9.17, 15) is 23.3 Å². The summed E-state index contributed by atoms with van der Waals surface area (Å²) >= 11 is 0. The first-order valence-corrected chi connectivity index (χ1v) is 7.26. The maximum atomic E-state index is 11.4. The minimum absolute atomic E-state index is 0.0902. The van der Waals surface area contributed by atoms with Crippen LogP contribution in [0, 0.1) is 10.1 Å². The number of nitrogens with zero attached hydrogens (tertiary/aromatic N) is 1. The Kier molecular flexibility index (Phi) is 3.70. The minimum atomic E-state index is -4.08. The molecule has 1 heterocycles. The summed E-state index contributed by atoms with van der Waals surface area (Å²) in [5.41, 5.74) is 0.00274. The number of carbonyl (C=O) groups excluding carboxylic acids is 1. The van der Waals surface area contributed by atoms with Gasteiger partial charge in [0.15, 0.2) is 6.23 Å². The first-order chi connectivity index (χ1) is 9.72. The molecule has 114 valence electrons. The molecule has 1 unspecified atom stereocenters. The number of nitrogens with one attached hydrogen (secondary N) is 2. The zero-order valence-electron chi connectivity index (χ0n) is 10.8. The number of rotatable bonds is 3. The Morgan fingerprint density at radius 2 is 2.24 bits per heavy atom. The highest BCUT2D eigenvalue weighted by Gasteiger charge is 2.32. The Labute approximate surface area is 119 Å². The van der Waals surface area contributed by atoms with Crippen LogP contribution in [0.25, 0.3) is 0 Å². The average molecular weight is 316 g/mol. The summed E-state index contributed by atoms with van der Waals surface area (Å²) in [5, 5.41) is 20.9. The number of anilines is 1. The van der Waals surface area contributed by atoms with Gasteiger partial charge >= 0.3 is 6.09 Å². The van der Waals surface area contributed by atoms with Gasteiger partial charge in [0, 0.05) is 19.5 Å². The van der Waals surface area contributed by atoms with Crippen LogP contribution in [0.4, 0.5) is 16.2 Å². The second-order valence-electron chi connectivity index (χ2n) is 4.27. The maximum absolute atomic E-state index is 11.4. The van der Waals surface area contributed by atoms with Gasteiger partial charge in [-0.15, -0.1) is 0 Å². The Morgan fingerprint density at radius 1 is 1.57 bits per heavy atom. The predicted octanol–water partition coefficient (Wildman–Crippen LogP) is -0.108. The van der Waals surface area contributed by atoms with Gasteiger partial charge in [-0.1, -0.05) is 0 Å². The number of ether oxygens (including phenoxy) is 1. The van der Waals surface area contributed by atoms with Gasteiger partial charge in [0.2, 0.25) is 10.0 Å². The van der Waals surface area contributed by atoms with E-state index in [1.807, 2.05) is 0 Å². The number of primary sulfonamides is 1. The summed E-state index contributed by atoms with van der Waals surface area (Å²) in [6.45, 7) is 0. The van der Waals surface area contributed by atoms with Crippen LogP contribution in [0.15, 0.2) is 17.0 Å². The van der Waals surface area contributed by atoms with E-state index in [0.29, 0.717) is 5.56 Å². The van der Waals surface area contributed by atoms with E-state index in [1.165, 1.54) is 13.1 Å². The van der Waals surface area contributed by atoms with E-state index >= 15 is 0 Å². The zero-order chi connectivity index (χ0) is 15.8. The molecule has 1 aliphatic rings. The number of benzene rings is 1. The van der Waals surface area contributed by atoms with Crippen LogP contribution in [-0.2, 0) is 21.2 Å². The number of hydrogen-bond acceptors (Lipinski definition) is 7. The van der Waals surface area contributed by atoms with Crippen molar-refractivity contribution in [2.24, 2.45) is 5.14 Å². The summed E-state index contributed by atoms with van der Waals surface area (Å²) < 4.78 is 27.6. The molecule has 0 saturated heterocycles. The van der Waals surface area contributed by atoms with Crippen LogP contribution in [0.1, 0.15) is 5.56 Å². The zero-order valence-corrected chi connectivity index (χ0v) is 11.6. The van der Waals surface area contributed by atoms with Crippen molar-refractivity contribution in [2.45, 2.75) is 17.5 Å². The molecule has 0 spiro atoms. The van der Waals surface area contributed by atoms with Crippen molar-refractivity contribution in [3.63, 3.8) is 0 Å². The van der Waals surface area contributed by atoms with Crippen molar-refractivity contribution in [1.82, 2.24) is 5.32 Å². The third kappa shape index (κ3) is 3.03. The molecule has 4 N–H and O–H groups in total. The molecule has 21 heavy (non-hydrogen) atoms. The Balaban J connectivity index is 2.42. The van der Waals surface area contributed by atoms with Gasteiger partial charge in [-0.2, -0.15) is 0 Å². The molecular formula is C10H12N4O6S. The summed E-state index contributed by atoms with van der Waals surface area (Å²) in [4.78, 5) is 21.1. The van der Waals surface area contributed by atoms with Gasteiger partial charge in [0.1, 0.15) is 5.69 Å². The molecule has 0 aromatic heterocycles. The maximum Gasteiger partial charge on any atom is 0.408 e. The number of carbonyl (C=O) groups is 1. The highest BCUT2D eigenvalue weighted by Crippen LogP contribution is 2.37. The number of hydrogen-bond donors (Lipinski definition) is 3. The van der Waals surface area contributed by atoms with Gasteiger partial charge in [0.25, 0.3) is 5.69 Å². The number of nitrogens with two attached hydrogens (primary N) is 1. The molecule has 10 nitrogen and oxygen atoms in total. The normalized spacial score (nSPS) is 16.8. The minimum Gasteiger partial charge on any atom is -0.425 e. The Bertz CT molecular complexity index is 717. The number of fused-ring (bicyclic) bond motifs is 1. The van der Waals surface area contributed by atoms with Crippen LogP contribution >= 0.6 is 0 Å². The summed E-state index contributed by atoms with van der Waals surface area (Å²) in [6.07, 6.45) is -1.45. The third-order valence-corrected chi connectivity index (χ3v) is 3.75.